The average molecular weight is 339 g/mol. The van der Waals surface area contributed by atoms with E-state index in [-0.39, 0.29) is 11.9 Å². The fourth-order valence-electron chi connectivity index (χ4n) is 2.71. The van der Waals surface area contributed by atoms with Crippen LogP contribution in [0.3, 0.4) is 0 Å². The van der Waals surface area contributed by atoms with Crippen molar-refractivity contribution in [1.29, 1.82) is 0 Å². The van der Waals surface area contributed by atoms with E-state index in [1.807, 2.05) is 50.2 Å². The van der Waals surface area contributed by atoms with Crippen molar-refractivity contribution in [3.63, 3.8) is 0 Å². The lowest BCUT2D eigenvalue weighted by atomic mass is 10.1. The van der Waals surface area contributed by atoms with Crippen LogP contribution in [-0.2, 0) is 11.2 Å². The molecule has 3 nitrogen and oxygen atoms in total. The van der Waals surface area contributed by atoms with Crippen molar-refractivity contribution in [2.45, 2.75) is 59.1 Å². The summed E-state index contributed by atoms with van der Waals surface area (Å²) >= 11 is 0. The third-order valence-electron chi connectivity index (χ3n) is 4.52. The molecule has 0 fully saturated rings. The SMILES string of the molecule is CC[C@H](Oc1ccc(C)c(C)c1)C(=O)N[C@@H](C)CCc1ccccc1. The Hall–Kier alpha value is -2.29. The summed E-state index contributed by atoms with van der Waals surface area (Å²) in [5.41, 5.74) is 3.69. The standard InChI is InChI=1S/C22H29NO2/c1-5-21(25-20-14-11-16(2)17(3)15-20)22(24)23-18(4)12-13-19-9-7-6-8-10-19/h6-11,14-15,18,21H,5,12-13H2,1-4H3,(H,23,24)/t18-,21-/m0/s1. The quantitative estimate of drug-likeness (QED) is 0.763. The predicted octanol–water partition coefficient (Wildman–Crippen LogP) is 4.60. The minimum atomic E-state index is -0.457. The Morgan fingerprint density at radius 3 is 2.44 bits per heavy atom. The van der Waals surface area contributed by atoms with Crippen molar-refractivity contribution >= 4 is 5.91 Å². The van der Waals surface area contributed by atoms with Crippen LogP contribution >= 0.6 is 0 Å². The number of carbonyl (C=O) groups excluding carboxylic acids is 1. The van der Waals surface area contributed by atoms with Gasteiger partial charge in [0.25, 0.3) is 5.91 Å². The molecule has 2 atom stereocenters. The summed E-state index contributed by atoms with van der Waals surface area (Å²) in [7, 11) is 0. The normalized spacial score (nSPS) is 13.1. The van der Waals surface area contributed by atoms with Crippen LogP contribution in [0.2, 0.25) is 0 Å². The smallest absolute Gasteiger partial charge is 0.261 e. The van der Waals surface area contributed by atoms with Crippen molar-refractivity contribution in [3.8, 4) is 5.75 Å². The molecule has 0 aliphatic rings. The summed E-state index contributed by atoms with van der Waals surface area (Å²) in [5, 5.41) is 3.08. The fourth-order valence-corrected chi connectivity index (χ4v) is 2.71. The molecule has 25 heavy (non-hydrogen) atoms. The molecule has 2 aromatic carbocycles. The molecule has 0 saturated heterocycles. The van der Waals surface area contributed by atoms with Gasteiger partial charge < -0.3 is 10.1 Å². The predicted molar refractivity (Wildman–Crippen MR) is 103 cm³/mol. The maximum atomic E-state index is 12.5. The van der Waals surface area contributed by atoms with Gasteiger partial charge in [0.2, 0.25) is 0 Å². The minimum absolute atomic E-state index is 0.0405. The lowest BCUT2D eigenvalue weighted by molar-refractivity contribution is -0.128. The van der Waals surface area contributed by atoms with Gasteiger partial charge in [-0.2, -0.15) is 0 Å². The van der Waals surface area contributed by atoms with E-state index in [1.54, 1.807) is 0 Å². The highest BCUT2D eigenvalue weighted by Gasteiger charge is 2.20. The largest absolute Gasteiger partial charge is 0.481 e. The van der Waals surface area contributed by atoms with Crippen LogP contribution in [0, 0.1) is 13.8 Å². The highest BCUT2D eigenvalue weighted by Crippen LogP contribution is 2.18. The summed E-state index contributed by atoms with van der Waals surface area (Å²) in [4.78, 5) is 12.5. The number of hydrogen-bond donors (Lipinski definition) is 1. The van der Waals surface area contributed by atoms with E-state index in [1.165, 1.54) is 16.7 Å². The lowest BCUT2D eigenvalue weighted by Crippen LogP contribution is -2.42. The number of rotatable bonds is 8. The summed E-state index contributed by atoms with van der Waals surface area (Å²) in [6, 6.07) is 16.4. The molecule has 0 aliphatic heterocycles. The molecule has 1 N–H and O–H groups in total. The molecule has 0 bridgehead atoms. The number of aryl methyl sites for hydroxylation is 3. The van der Waals surface area contributed by atoms with Gasteiger partial charge in [0.05, 0.1) is 0 Å². The lowest BCUT2D eigenvalue weighted by Gasteiger charge is -2.21. The Balaban J connectivity index is 1.87. The topological polar surface area (TPSA) is 38.3 Å². The van der Waals surface area contributed by atoms with Crippen molar-refractivity contribution in [1.82, 2.24) is 5.32 Å². The molecule has 0 unspecified atom stereocenters. The number of benzene rings is 2. The van der Waals surface area contributed by atoms with Gasteiger partial charge in [-0.3, -0.25) is 4.79 Å². The van der Waals surface area contributed by atoms with Gasteiger partial charge in [-0.25, -0.2) is 0 Å². The zero-order valence-electron chi connectivity index (χ0n) is 15.7. The Morgan fingerprint density at radius 2 is 1.80 bits per heavy atom. The van der Waals surface area contributed by atoms with Gasteiger partial charge >= 0.3 is 0 Å². The number of nitrogens with one attached hydrogen (secondary N) is 1. The third-order valence-corrected chi connectivity index (χ3v) is 4.52. The molecule has 2 aromatic rings. The molecule has 0 spiro atoms. The summed E-state index contributed by atoms with van der Waals surface area (Å²) in [6.07, 6.45) is 2.05. The van der Waals surface area contributed by atoms with Crippen LogP contribution in [0.1, 0.15) is 43.4 Å². The average Bonchev–Trinajstić information content (AvgIpc) is 2.61. The molecule has 0 radical (unpaired) electrons. The first-order chi connectivity index (χ1) is 12.0. The summed E-state index contributed by atoms with van der Waals surface area (Å²) in [6.45, 7) is 8.13. The van der Waals surface area contributed by atoms with E-state index < -0.39 is 6.10 Å². The summed E-state index contributed by atoms with van der Waals surface area (Å²) < 4.78 is 5.91. The number of amides is 1. The Kier molecular flexibility index (Phi) is 7.05. The number of hydrogen-bond acceptors (Lipinski definition) is 2. The van der Waals surface area contributed by atoms with E-state index >= 15 is 0 Å². The first kappa shape index (κ1) is 19.0. The van der Waals surface area contributed by atoms with Crippen molar-refractivity contribution in [3.05, 3.63) is 65.2 Å². The van der Waals surface area contributed by atoms with Gasteiger partial charge in [0.15, 0.2) is 6.10 Å². The van der Waals surface area contributed by atoms with E-state index in [4.69, 9.17) is 4.74 Å². The van der Waals surface area contributed by atoms with Crippen LogP contribution in [0.5, 0.6) is 5.75 Å². The van der Waals surface area contributed by atoms with Gasteiger partial charge in [-0.1, -0.05) is 43.3 Å². The molecule has 0 aromatic heterocycles. The molecule has 1 amide bonds. The van der Waals surface area contributed by atoms with Crippen molar-refractivity contribution < 1.29 is 9.53 Å². The molecular weight excluding hydrogens is 310 g/mol. The van der Waals surface area contributed by atoms with E-state index in [9.17, 15) is 4.79 Å². The second-order valence-corrected chi connectivity index (χ2v) is 6.69. The Bertz CT molecular complexity index is 682. The van der Waals surface area contributed by atoms with Crippen LogP contribution < -0.4 is 10.1 Å². The van der Waals surface area contributed by atoms with Crippen molar-refractivity contribution in [2.24, 2.45) is 0 Å². The minimum Gasteiger partial charge on any atom is -0.481 e. The van der Waals surface area contributed by atoms with Gasteiger partial charge in [-0.15, -0.1) is 0 Å². The molecular formula is C22H29NO2. The number of carbonyl (C=O) groups is 1. The van der Waals surface area contributed by atoms with Gasteiger partial charge in [0.1, 0.15) is 5.75 Å². The molecule has 0 aliphatic carbocycles. The number of ether oxygens (including phenoxy) is 1. The first-order valence-corrected chi connectivity index (χ1v) is 9.07. The summed E-state index contributed by atoms with van der Waals surface area (Å²) in [5.74, 6) is 0.711. The van der Waals surface area contributed by atoms with Crippen LogP contribution in [0.15, 0.2) is 48.5 Å². The van der Waals surface area contributed by atoms with Crippen LogP contribution in [0.25, 0.3) is 0 Å². The second kappa shape index (κ2) is 9.26. The third kappa shape index (κ3) is 5.93. The van der Waals surface area contributed by atoms with Gasteiger partial charge in [0, 0.05) is 6.04 Å². The molecule has 134 valence electrons. The first-order valence-electron chi connectivity index (χ1n) is 9.07. The maximum absolute atomic E-state index is 12.5. The molecule has 0 saturated carbocycles. The second-order valence-electron chi connectivity index (χ2n) is 6.69. The van der Waals surface area contributed by atoms with Gasteiger partial charge in [-0.05, 0) is 68.9 Å². The Labute approximate surface area is 151 Å². The van der Waals surface area contributed by atoms with E-state index in [2.05, 4.69) is 31.3 Å². The van der Waals surface area contributed by atoms with Crippen molar-refractivity contribution in [2.75, 3.05) is 0 Å². The highest BCUT2D eigenvalue weighted by molar-refractivity contribution is 5.81. The zero-order valence-corrected chi connectivity index (χ0v) is 15.7. The molecule has 2 rings (SSSR count). The monoisotopic (exact) mass is 339 g/mol. The fraction of sp³-hybridized carbons (Fsp3) is 0.409. The molecule has 0 heterocycles. The maximum Gasteiger partial charge on any atom is 0.261 e. The van der Waals surface area contributed by atoms with Crippen LogP contribution in [0.4, 0.5) is 0 Å². The van der Waals surface area contributed by atoms with E-state index in [0.717, 1.165) is 18.6 Å². The van der Waals surface area contributed by atoms with E-state index in [0.29, 0.717) is 6.42 Å². The van der Waals surface area contributed by atoms with Crippen LogP contribution in [-0.4, -0.2) is 18.1 Å². The molecule has 3 heteroatoms. The highest BCUT2D eigenvalue weighted by atomic mass is 16.5. The Morgan fingerprint density at radius 1 is 1.08 bits per heavy atom. The zero-order chi connectivity index (χ0) is 18.2.